The van der Waals surface area contributed by atoms with Crippen LogP contribution in [0.5, 0.6) is 5.75 Å². The molecule has 19 heavy (non-hydrogen) atoms. The van der Waals surface area contributed by atoms with Gasteiger partial charge >= 0.3 is 0 Å². The first kappa shape index (κ1) is 14.5. The van der Waals surface area contributed by atoms with Crippen molar-refractivity contribution in [2.45, 2.75) is 9.79 Å². The van der Waals surface area contributed by atoms with Crippen LogP contribution in [0.15, 0.2) is 52.3 Å². The van der Waals surface area contributed by atoms with Gasteiger partial charge in [-0.3, -0.25) is 0 Å². The Kier molecular flexibility index (Phi) is 4.99. The van der Waals surface area contributed by atoms with E-state index in [0.29, 0.717) is 0 Å². The van der Waals surface area contributed by atoms with Crippen molar-refractivity contribution in [3.05, 3.63) is 46.0 Å². The molecular formula is C15H16INOS. The topological polar surface area (TPSA) is 12.5 Å². The number of halogens is 1. The Morgan fingerprint density at radius 2 is 1.68 bits per heavy atom. The summed E-state index contributed by atoms with van der Waals surface area (Å²) in [5.41, 5.74) is 1.22. The van der Waals surface area contributed by atoms with Crippen LogP contribution in [-0.2, 0) is 0 Å². The van der Waals surface area contributed by atoms with E-state index in [1.165, 1.54) is 19.0 Å². The molecule has 100 valence electrons. The van der Waals surface area contributed by atoms with E-state index in [2.05, 4.69) is 71.9 Å². The fraction of sp³-hybridized carbons (Fsp3) is 0.200. The predicted octanol–water partition coefficient (Wildman–Crippen LogP) is 4.52. The molecule has 0 N–H and O–H groups in total. The standard InChI is InChI=1S/C15H16INOS/c1-17(2)12-8-11(16)9-15(10-12)19-14-6-4-13(18-3)5-7-14/h4-10H,1-3H3. The molecule has 0 aliphatic carbocycles. The Balaban J connectivity index is 2.22. The molecule has 2 rings (SSSR count). The van der Waals surface area contributed by atoms with Gasteiger partial charge in [0.15, 0.2) is 0 Å². The summed E-state index contributed by atoms with van der Waals surface area (Å²) in [6.45, 7) is 0. The lowest BCUT2D eigenvalue weighted by molar-refractivity contribution is 0.414. The average Bonchev–Trinajstić information content (AvgIpc) is 2.39. The lowest BCUT2D eigenvalue weighted by atomic mass is 10.3. The van der Waals surface area contributed by atoms with Gasteiger partial charge in [0.25, 0.3) is 0 Å². The quantitative estimate of drug-likeness (QED) is 0.719. The maximum atomic E-state index is 5.17. The number of methoxy groups -OCH3 is 1. The van der Waals surface area contributed by atoms with Gasteiger partial charge in [0.05, 0.1) is 7.11 Å². The summed E-state index contributed by atoms with van der Waals surface area (Å²) < 4.78 is 6.42. The van der Waals surface area contributed by atoms with Gasteiger partial charge in [-0.1, -0.05) is 11.8 Å². The molecule has 0 fully saturated rings. The Morgan fingerprint density at radius 3 is 2.26 bits per heavy atom. The minimum atomic E-state index is 0.890. The number of nitrogens with zero attached hydrogens (tertiary/aromatic N) is 1. The second kappa shape index (κ2) is 6.52. The van der Waals surface area contributed by atoms with Gasteiger partial charge in [0.2, 0.25) is 0 Å². The molecule has 0 bridgehead atoms. The highest BCUT2D eigenvalue weighted by molar-refractivity contribution is 14.1. The fourth-order valence-corrected chi connectivity index (χ4v) is 3.42. The minimum absolute atomic E-state index is 0.890. The van der Waals surface area contributed by atoms with Gasteiger partial charge in [0, 0.05) is 33.1 Å². The maximum absolute atomic E-state index is 5.17. The molecule has 0 aromatic heterocycles. The summed E-state index contributed by atoms with van der Waals surface area (Å²) in [4.78, 5) is 4.59. The smallest absolute Gasteiger partial charge is 0.118 e. The number of rotatable bonds is 4. The SMILES string of the molecule is COc1ccc(Sc2cc(I)cc(N(C)C)c2)cc1. The van der Waals surface area contributed by atoms with Crippen molar-refractivity contribution in [1.82, 2.24) is 0 Å². The molecular weight excluding hydrogens is 369 g/mol. The van der Waals surface area contributed by atoms with Gasteiger partial charge in [-0.15, -0.1) is 0 Å². The molecule has 0 amide bonds. The van der Waals surface area contributed by atoms with Gasteiger partial charge in [-0.2, -0.15) is 0 Å². The molecule has 2 aromatic rings. The number of hydrogen-bond donors (Lipinski definition) is 0. The van der Waals surface area contributed by atoms with E-state index in [9.17, 15) is 0 Å². The second-order valence-corrected chi connectivity index (χ2v) is 6.71. The third kappa shape index (κ3) is 4.04. The van der Waals surface area contributed by atoms with Crippen molar-refractivity contribution >= 4 is 40.0 Å². The molecule has 0 saturated carbocycles. The van der Waals surface area contributed by atoms with Crippen LogP contribution in [0.25, 0.3) is 0 Å². The van der Waals surface area contributed by atoms with E-state index in [-0.39, 0.29) is 0 Å². The van der Waals surface area contributed by atoms with Crippen molar-refractivity contribution in [1.29, 1.82) is 0 Å². The summed E-state index contributed by atoms with van der Waals surface area (Å²) in [5, 5.41) is 0. The Labute approximate surface area is 132 Å². The van der Waals surface area contributed by atoms with Crippen molar-refractivity contribution in [2.75, 3.05) is 26.1 Å². The van der Waals surface area contributed by atoms with Gasteiger partial charge < -0.3 is 9.64 Å². The third-order valence-electron chi connectivity index (χ3n) is 2.67. The highest BCUT2D eigenvalue weighted by Gasteiger charge is 2.03. The van der Waals surface area contributed by atoms with Crippen LogP contribution in [0.3, 0.4) is 0 Å². The zero-order valence-corrected chi connectivity index (χ0v) is 14.2. The summed E-state index contributed by atoms with van der Waals surface area (Å²) >= 11 is 4.12. The van der Waals surface area contributed by atoms with E-state index in [1.54, 1.807) is 18.9 Å². The van der Waals surface area contributed by atoms with Crippen LogP contribution in [0.4, 0.5) is 5.69 Å². The van der Waals surface area contributed by atoms with Crippen molar-refractivity contribution in [3.8, 4) is 5.75 Å². The molecule has 2 nitrogen and oxygen atoms in total. The highest BCUT2D eigenvalue weighted by Crippen LogP contribution is 2.32. The average molecular weight is 385 g/mol. The fourth-order valence-electron chi connectivity index (χ4n) is 1.64. The first-order chi connectivity index (χ1) is 9.08. The lowest BCUT2D eigenvalue weighted by Gasteiger charge is -2.14. The number of anilines is 1. The van der Waals surface area contributed by atoms with E-state index in [1.807, 2.05) is 12.1 Å². The number of ether oxygens (including phenoxy) is 1. The van der Waals surface area contributed by atoms with Gasteiger partial charge in [-0.25, -0.2) is 0 Å². The van der Waals surface area contributed by atoms with Crippen LogP contribution in [0.2, 0.25) is 0 Å². The summed E-state index contributed by atoms with van der Waals surface area (Å²) in [6.07, 6.45) is 0. The second-order valence-electron chi connectivity index (χ2n) is 4.32. The first-order valence-corrected chi connectivity index (χ1v) is 7.78. The highest BCUT2D eigenvalue weighted by atomic mass is 127. The lowest BCUT2D eigenvalue weighted by Crippen LogP contribution is -2.08. The Bertz CT molecular complexity index is 555. The summed E-state index contributed by atoms with van der Waals surface area (Å²) in [5.74, 6) is 0.890. The molecule has 0 aliphatic rings. The molecule has 0 aliphatic heterocycles. The molecule has 0 spiro atoms. The van der Waals surface area contributed by atoms with Crippen LogP contribution in [0, 0.1) is 3.57 Å². The molecule has 4 heteroatoms. The van der Waals surface area contributed by atoms with E-state index < -0.39 is 0 Å². The first-order valence-electron chi connectivity index (χ1n) is 5.88. The predicted molar refractivity (Wildman–Crippen MR) is 90.6 cm³/mol. The summed E-state index contributed by atoms with van der Waals surface area (Å²) in [7, 11) is 5.81. The van der Waals surface area contributed by atoms with E-state index >= 15 is 0 Å². The van der Waals surface area contributed by atoms with Crippen molar-refractivity contribution in [2.24, 2.45) is 0 Å². The van der Waals surface area contributed by atoms with Gasteiger partial charge in [0.1, 0.15) is 5.75 Å². The normalized spacial score (nSPS) is 10.3. The monoisotopic (exact) mass is 385 g/mol. The third-order valence-corrected chi connectivity index (χ3v) is 4.27. The Hall–Kier alpha value is -0.880. The van der Waals surface area contributed by atoms with E-state index in [4.69, 9.17) is 4.74 Å². The van der Waals surface area contributed by atoms with Crippen LogP contribution in [0.1, 0.15) is 0 Å². The largest absolute Gasteiger partial charge is 0.497 e. The van der Waals surface area contributed by atoms with Crippen LogP contribution in [-0.4, -0.2) is 21.2 Å². The van der Waals surface area contributed by atoms with E-state index in [0.717, 1.165) is 5.75 Å². The zero-order valence-electron chi connectivity index (χ0n) is 11.2. The molecule has 0 radical (unpaired) electrons. The molecule has 0 saturated heterocycles. The van der Waals surface area contributed by atoms with Crippen LogP contribution >= 0.6 is 34.4 Å². The number of hydrogen-bond acceptors (Lipinski definition) is 3. The number of benzene rings is 2. The summed E-state index contributed by atoms with van der Waals surface area (Å²) in [6, 6.07) is 14.7. The molecule has 0 atom stereocenters. The zero-order chi connectivity index (χ0) is 13.8. The van der Waals surface area contributed by atoms with Crippen molar-refractivity contribution < 1.29 is 4.74 Å². The van der Waals surface area contributed by atoms with Crippen molar-refractivity contribution in [3.63, 3.8) is 0 Å². The molecule has 0 unspecified atom stereocenters. The molecule has 0 heterocycles. The molecule has 2 aromatic carbocycles. The maximum Gasteiger partial charge on any atom is 0.118 e. The van der Waals surface area contributed by atoms with Gasteiger partial charge in [-0.05, 0) is 65.1 Å². The minimum Gasteiger partial charge on any atom is -0.497 e. The Morgan fingerprint density at radius 1 is 1.00 bits per heavy atom. The van der Waals surface area contributed by atoms with Crippen LogP contribution < -0.4 is 9.64 Å².